The number of benzene rings is 2. The van der Waals surface area contributed by atoms with Gasteiger partial charge in [0, 0.05) is 49.7 Å². The van der Waals surface area contributed by atoms with Crippen molar-refractivity contribution in [1.82, 2.24) is 14.7 Å². The van der Waals surface area contributed by atoms with E-state index in [1.165, 1.54) is 6.42 Å². The predicted octanol–water partition coefficient (Wildman–Crippen LogP) is 5.34. The molecule has 256 valence electrons. The van der Waals surface area contributed by atoms with Gasteiger partial charge in [0.1, 0.15) is 11.6 Å². The van der Waals surface area contributed by atoms with Gasteiger partial charge in [-0.3, -0.25) is 14.5 Å². The summed E-state index contributed by atoms with van der Waals surface area (Å²) in [6.07, 6.45) is 15.1. The Morgan fingerprint density at radius 2 is 1.65 bits per heavy atom. The van der Waals surface area contributed by atoms with Crippen molar-refractivity contribution in [2.45, 2.75) is 102 Å². The Bertz CT molecular complexity index is 1630. The number of hydrogen-bond acceptors (Lipinski definition) is 5. The molecule has 6 aliphatic rings. The average Bonchev–Trinajstić information content (AvgIpc) is 3.70. The van der Waals surface area contributed by atoms with Crippen molar-refractivity contribution >= 4 is 22.6 Å². The van der Waals surface area contributed by atoms with E-state index in [2.05, 4.69) is 24.7 Å². The zero-order chi connectivity index (χ0) is 33.4. The van der Waals surface area contributed by atoms with Crippen LogP contribution in [0.3, 0.4) is 0 Å². The van der Waals surface area contributed by atoms with Crippen molar-refractivity contribution in [3.63, 3.8) is 0 Å². The molecule has 2 aromatic carbocycles. The minimum Gasteiger partial charge on any atom is -0.391 e. The van der Waals surface area contributed by atoms with Crippen LogP contribution in [-0.2, 0) is 4.79 Å². The summed E-state index contributed by atoms with van der Waals surface area (Å²) in [5.74, 6) is 5.01. The third-order valence-electron chi connectivity index (χ3n) is 15.0. The van der Waals surface area contributed by atoms with Gasteiger partial charge in [0.05, 0.1) is 6.10 Å². The maximum absolute atomic E-state index is 13.9. The fourth-order valence-corrected chi connectivity index (χ4v) is 12.1. The van der Waals surface area contributed by atoms with E-state index in [-0.39, 0.29) is 34.8 Å². The van der Waals surface area contributed by atoms with Crippen LogP contribution >= 0.6 is 0 Å². The largest absolute Gasteiger partial charge is 0.391 e. The average molecular weight is 652 g/mol. The van der Waals surface area contributed by atoms with E-state index in [0.29, 0.717) is 61.7 Å². The molecule has 4 saturated carbocycles. The van der Waals surface area contributed by atoms with E-state index in [1.54, 1.807) is 4.90 Å². The van der Waals surface area contributed by atoms with Gasteiger partial charge in [-0.1, -0.05) is 50.1 Å². The number of aliphatic hydroxyl groups excluding tert-OH is 1. The number of rotatable bonds is 3. The minimum absolute atomic E-state index is 0.0567. The van der Waals surface area contributed by atoms with Gasteiger partial charge in [-0.2, -0.15) is 0 Å². The summed E-state index contributed by atoms with van der Waals surface area (Å²) >= 11 is 0. The van der Waals surface area contributed by atoms with E-state index in [1.807, 2.05) is 47.4 Å². The Kier molecular flexibility index (Phi) is 7.97. The van der Waals surface area contributed by atoms with E-state index in [0.717, 1.165) is 68.8 Å². The highest BCUT2D eigenvalue weighted by Crippen LogP contribution is 2.68. The summed E-state index contributed by atoms with van der Waals surface area (Å²) in [7, 11) is 0. The quantitative estimate of drug-likeness (QED) is 0.439. The fourth-order valence-electron chi connectivity index (χ4n) is 12.1. The highest BCUT2D eigenvalue weighted by Gasteiger charge is 2.65. The molecule has 2 aromatic rings. The number of amides is 2. The number of aliphatic hydroxyl groups is 2. The van der Waals surface area contributed by atoms with Gasteiger partial charge in [-0.05, 0) is 116 Å². The number of piperazine rings is 1. The maximum Gasteiger partial charge on any atom is 0.254 e. The fraction of sp³-hybridized carbons (Fsp3) is 0.659. The summed E-state index contributed by atoms with van der Waals surface area (Å²) in [4.78, 5) is 33.8. The van der Waals surface area contributed by atoms with Crippen LogP contribution in [0.1, 0.15) is 88.4 Å². The van der Waals surface area contributed by atoms with Crippen molar-refractivity contribution in [3.8, 4) is 12.3 Å². The molecule has 10 atom stereocenters. The summed E-state index contributed by atoms with van der Waals surface area (Å²) in [5, 5.41) is 25.1. The van der Waals surface area contributed by atoms with Crippen LogP contribution in [0, 0.1) is 46.8 Å². The van der Waals surface area contributed by atoms with Gasteiger partial charge in [-0.25, -0.2) is 0 Å². The Morgan fingerprint density at radius 1 is 0.896 bits per heavy atom. The molecule has 6 fully saturated rings. The van der Waals surface area contributed by atoms with E-state index in [4.69, 9.17) is 6.42 Å². The van der Waals surface area contributed by atoms with Gasteiger partial charge >= 0.3 is 0 Å². The van der Waals surface area contributed by atoms with Crippen molar-refractivity contribution in [1.29, 1.82) is 0 Å². The summed E-state index contributed by atoms with van der Waals surface area (Å²) in [5.41, 5.74) is -0.381. The summed E-state index contributed by atoms with van der Waals surface area (Å²) in [6.45, 7) is 8.15. The van der Waals surface area contributed by atoms with Crippen LogP contribution in [-0.4, -0.2) is 93.2 Å². The van der Waals surface area contributed by atoms with Crippen molar-refractivity contribution in [2.75, 3.05) is 32.7 Å². The lowest BCUT2D eigenvalue weighted by Gasteiger charge is -2.63. The molecule has 0 unspecified atom stereocenters. The molecule has 7 nitrogen and oxygen atoms in total. The molecule has 2 aliphatic heterocycles. The third-order valence-corrected chi connectivity index (χ3v) is 15.0. The van der Waals surface area contributed by atoms with Crippen LogP contribution in [0.15, 0.2) is 42.5 Å². The first-order valence-corrected chi connectivity index (χ1v) is 18.8. The normalized spacial score (nSPS) is 41.4. The Hall–Kier alpha value is -2.92. The number of fused-ring (bicyclic) bond motifs is 6. The predicted molar refractivity (Wildman–Crippen MR) is 187 cm³/mol. The van der Waals surface area contributed by atoms with Crippen LogP contribution < -0.4 is 0 Å². The van der Waals surface area contributed by atoms with Crippen LogP contribution in [0.4, 0.5) is 0 Å². The Morgan fingerprint density at radius 3 is 2.42 bits per heavy atom. The smallest absolute Gasteiger partial charge is 0.254 e. The molecule has 48 heavy (non-hydrogen) atoms. The number of carbonyl (C=O) groups excluding carboxylic acids is 2. The van der Waals surface area contributed by atoms with Gasteiger partial charge in [-0.15, -0.1) is 6.42 Å². The Labute approximate surface area is 286 Å². The lowest BCUT2D eigenvalue weighted by Crippen LogP contribution is -2.63. The molecule has 0 bridgehead atoms. The van der Waals surface area contributed by atoms with Crippen molar-refractivity contribution < 1.29 is 19.8 Å². The van der Waals surface area contributed by atoms with Crippen LogP contribution in [0.2, 0.25) is 0 Å². The topological polar surface area (TPSA) is 84.3 Å². The minimum atomic E-state index is -0.984. The summed E-state index contributed by atoms with van der Waals surface area (Å²) in [6, 6.07) is 13.6. The zero-order valence-electron chi connectivity index (χ0n) is 28.8. The first kappa shape index (κ1) is 32.3. The molecular formula is C41H53N3O4. The molecule has 0 spiro atoms. The standard InChI is InChI=1S/C41H53N3O4/c1-4-41(48)18-16-33-31-14-13-30-25-36(45)35(26-39(30,2)32(31)15-17-40(33,41)3)42-20-22-43(23-21-42)38(47)34-10-7-19-44(34)37(46)29-12-11-27-8-5-6-9-28(27)24-29/h1,5-6,8-9,11-12,24,30-36,45,48H,7,10,13-23,25-26H2,2-3H3/t30-,31+,32-,33-,34-,35-,36-,39-,40-,41-/m0/s1. The monoisotopic (exact) mass is 651 g/mol. The van der Waals surface area contributed by atoms with Crippen LogP contribution in [0.25, 0.3) is 10.8 Å². The molecule has 2 heterocycles. The lowest BCUT2D eigenvalue weighted by atomic mass is 9.44. The molecule has 0 aromatic heterocycles. The maximum atomic E-state index is 13.9. The molecule has 8 rings (SSSR count). The van der Waals surface area contributed by atoms with E-state index < -0.39 is 11.6 Å². The number of likely N-dealkylation sites (tertiary alicyclic amines) is 1. The highest BCUT2D eigenvalue weighted by molar-refractivity contribution is 6.01. The lowest BCUT2D eigenvalue weighted by molar-refractivity contribution is -0.163. The number of nitrogens with zero attached hydrogens (tertiary/aromatic N) is 3. The van der Waals surface area contributed by atoms with Gasteiger partial charge in [0.15, 0.2) is 0 Å². The number of terminal acetylenes is 1. The van der Waals surface area contributed by atoms with Gasteiger partial charge in [0.25, 0.3) is 5.91 Å². The molecular weight excluding hydrogens is 598 g/mol. The molecule has 2 N–H and O–H groups in total. The van der Waals surface area contributed by atoms with Crippen molar-refractivity contribution in [2.24, 2.45) is 34.5 Å². The second-order valence-electron chi connectivity index (χ2n) is 16.8. The second kappa shape index (κ2) is 11.9. The molecule has 0 radical (unpaired) electrons. The van der Waals surface area contributed by atoms with Gasteiger partial charge < -0.3 is 20.0 Å². The van der Waals surface area contributed by atoms with Crippen molar-refractivity contribution in [3.05, 3.63) is 48.0 Å². The first-order valence-electron chi connectivity index (χ1n) is 18.8. The molecule has 2 amide bonds. The third kappa shape index (κ3) is 4.88. The molecule has 7 heteroatoms. The zero-order valence-corrected chi connectivity index (χ0v) is 28.8. The second-order valence-corrected chi connectivity index (χ2v) is 16.8. The molecule has 2 saturated heterocycles. The highest BCUT2D eigenvalue weighted by atomic mass is 16.3. The Balaban J connectivity index is 0.925. The van der Waals surface area contributed by atoms with E-state index in [9.17, 15) is 19.8 Å². The molecule has 4 aliphatic carbocycles. The van der Waals surface area contributed by atoms with Gasteiger partial charge in [0.2, 0.25) is 5.91 Å². The van der Waals surface area contributed by atoms with Crippen LogP contribution in [0.5, 0.6) is 0 Å². The number of carbonyl (C=O) groups is 2. The van der Waals surface area contributed by atoms with E-state index >= 15 is 0 Å². The summed E-state index contributed by atoms with van der Waals surface area (Å²) < 4.78 is 0. The number of hydrogen-bond donors (Lipinski definition) is 2. The first-order chi connectivity index (χ1) is 23.1. The SMILES string of the molecule is C#C[C@]1(O)CC[C@H]2[C@@H]3CC[C@H]4C[C@H](O)[C@@H](N5CCN(C(=O)[C@@H]6CCCN6C(=O)c6ccc7ccccc7c6)CC5)C[C@]4(C)[C@H]3CC[C@@]21C.